The normalized spacial score (nSPS) is 30.9. The van der Waals surface area contributed by atoms with Gasteiger partial charge in [0.1, 0.15) is 0 Å². The zero-order chi connectivity index (χ0) is 10.3. The Morgan fingerprint density at radius 1 is 1.36 bits per heavy atom. The molecule has 0 aromatic heterocycles. The van der Waals surface area contributed by atoms with Crippen molar-refractivity contribution in [2.24, 2.45) is 0 Å². The lowest BCUT2D eigenvalue weighted by Gasteiger charge is -2.18. The van der Waals surface area contributed by atoms with Crippen LogP contribution in [0, 0.1) is 0 Å². The summed E-state index contributed by atoms with van der Waals surface area (Å²) in [5.41, 5.74) is 0. The van der Waals surface area contributed by atoms with E-state index in [1.54, 1.807) is 0 Å². The SMILES string of the molecule is O=C1CNC(=O)N1[C@@H]1CCS(=O)(=O)C1. The zero-order valence-electron chi connectivity index (χ0n) is 7.39. The first-order valence-corrected chi connectivity index (χ1v) is 6.12. The number of amides is 3. The van der Waals surface area contributed by atoms with Crippen LogP contribution in [0.2, 0.25) is 0 Å². The molecule has 2 heterocycles. The van der Waals surface area contributed by atoms with Crippen molar-refractivity contribution in [3.8, 4) is 0 Å². The van der Waals surface area contributed by atoms with Gasteiger partial charge in [0.05, 0.1) is 24.1 Å². The Labute approximate surface area is 81.2 Å². The Morgan fingerprint density at radius 2 is 2.07 bits per heavy atom. The molecule has 14 heavy (non-hydrogen) atoms. The molecule has 2 aliphatic rings. The van der Waals surface area contributed by atoms with Gasteiger partial charge in [0.15, 0.2) is 9.84 Å². The van der Waals surface area contributed by atoms with Crippen molar-refractivity contribution >= 4 is 21.8 Å². The van der Waals surface area contributed by atoms with E-state index in [9.17, 15) is 18.0 Å². The predicted molar refractivity (Wildman–Crippen MR) is 47.3 cm³/mol. The Morgan fingerprint density at radius 3 is 2.50 bits per heavy atom. The number of nitrogens with zero attached hydrogens (tertiary/aromatic N) is 1. The number of rotatable bonds is 1. The quantitative estimate of drug-likeness (QED) is 0.556. The maximum atomic E-state index is 11.2. The van der Waals surface area contributed by atoms with Gasteiger partial charge in [-0.25, -0.2) is 13.2 Å². The summed E-state index contributed by atoms with van der Waals surface area (Å²) in [4.78, 5) is 23.4. The first-order chi connectivity index (χ1) is 6.49. The van der Waals surface area contributed by atoms with Gasteiger partial charge in [-0.15, -0.1) is 0 Å². The van der Waals surface area contributed by atoms with Crippen molar-refractivity contribution in [1.82, 2.24) is 10.2 Å². The van der Waals surface area contributed by atoms with Crippen LogP contribution in [0.5, 0.6) is 0 Å². The molecule has 2 fully saturated rings. The summed E-state index contributed by atoms with van der Waals surface area (Å²) in [6.07, 6.45) is 0.363. The first-order valence-electron chi connectivity index (χ1n) is 4.30. The molecule has 7 heteroatoms. The molecular weight excluding hydrogens is 208 g/mol. The Kier molecular flexibility index (Phi) is 1.99. The van der Waals surface area contributed by atoms with E-state index in [1.807, 2.05) is 0 Å². The number of hydrogen-bond acceptors (Lipinski definition) is 4. The third-order valence-electron chi connectivity index (χ3n) is 2.45. The van der Waals surface area contributed by atoms with Crippen LogP contribution >= 0.6 is 0 Å². The summed E-state index contributed by atoms with van der Waals surface area (Å²) in [6.45, 7) is -0.0185. The molecular formula is C7H10N2O4S. The predicted octanol–water partition coefficient (Wildman–Crippen LogP) is -1.27. The molecule has 0 aliphatic carbocycles. The number of sulfone groups is 1. The first kappa shape index (κ1) is 9.45. The summed E-state index contributed by atoms with van der Waals surface area (Å²) in [5, 5.41) is 2.37. The second kappa shape index (κ2) is 2.94. The lowest BCUT2D eigenvalue weighted by Crippen LogP contribution is -2.41. The van der Waals surface area contributed by atoms with Gasteiger partial charge >= 0.3 is 6.03 Å². The van der Waals surface area contributed by atoms with E-state index in [1.165, 1.54) is 0 Å². The van der Waals surface area contributed by atoms with Gasteiger partial charge in [0.2, 0.25) is 5.91 Å². The van der Waals surface area contributed by atoms with Crippen LogP contribution in [0.25, 0.3) is 0 Å². The molecule has 2 rings (SSSR count). The summed E-state index contributed by atoms with van der Waals surface area (Å²) in [7, 11) is -3.05. The third kappa shape index (κ3) is 1.47. The molecule has 0 spiro atoms. The van der Waals surface area contributed by atoms with Crippen LogP contribution < -0.4 is 5.32 Å². The van der Waals surface area contributed by atoms with E-state index >= 15 is 0 Å². The highest BCUT2D eigenvalue weighted by molar-refractivity contribution is 7.91. The monoisotopic (exact) mass is 218 g/mol. The van der Waals surface area contributed by atoms with Crippen LogP contribution in [-0.2, 0) is 14.6 Å². The van der Waals surface area contributed by atoms with Gasteiger partial charge in [0, 0.05) is 0 Å². The van der Waals surface area contributed by atoms with E-state index in [0.29, 0.717) is 6.42 Å². The highest BCUT2D eigenvalue weighted by Gasteiger charge is 2.40. The second-order valence-electron chi connectivity index (χ2n) is 3.48. The summed E-state index contributed by atoms with van der Waals surface area (Å²) in [6, 6.07) is -0.938. The largest absolute Gasteiger partial charge is 0.329 e. The van der Waals surface area contributed by atoms with Crippen LogP contribution in [0.1, 0.15) is 6.42 Å². The number of hydrogen-bond donors (Lipinski definition) is 1. The fourth-order valence-corrected chi connectivity index (χ4v) is 3.48. The Hall–Kier alpha value is -1.11. The van der Waals surface area contributed by atoms with Gasteiger partial charge in [-0.2, -0.15) is 0 Å². The number of carbonyl (C=O) groups excluding carboxylic acids is 2. The fourth-order valence-electron chi connectivity index (χ4n) is 1.78. The van der Waals surface area contributed by atoms with Gasteiger partial charge in [0.25, 0.3) is 0 Å². The lowest BCUT2D eigenvalue weighted by molar-refractivity contribution is -0.126. The molecule has 1 N–H and O–H groups in total. The average molecular weight is 218 g/mol. The minimum absolute atomic E-state index is 0.0185. The van der Waals surface area contributed by atoms with Crippen molar-refractivity contribution < 1.29 is 18.0 Å². The van der Waals surface area contributed by atoms with E-state index in [-0.39, 0.29) is 24.0 Å². The average Bonchev–Trinajstić information content (AvgIpc) is 2.56. The second-order valence-corrected chi connectivity index (χ2v) is 5.71. The van der Waals surface area contributed by atoms with Crippen molar-refractivity contribution in [2.75, 3.05) is 18.1 Å². The molecule has 0 aromatic rings. The number of carbonyl (C=O) groups is 2. The molecule has 78 valence electrons. The Balaban J connectivity index is 2.17. The van der Waals surface area contributed by atoms with E-state index < -0.39 is 21.9 Å². The highest BCUT2D eigenvalue weighted by atomic mass is 32.2. The maximum Gasteiger partial charge on any atom is 0.324 e. The van der Waals surface area contributed by atoms with E-state index in [2.05, 4.69) is 5.32 Å². The van der Waals surface area contributed by atoms with Gasteiger partial charge < -0.3 is 5.32 Å². The number of urea groups is 1. The Bertz CT molecular complexity index is 372. The zero-order valence-corrected chi connectivity index (χ0v) is 8.21. The summed E-state index contributed by atoms with van der Waals surface area (Å²) >= 11 is 0. The highest BCUT2D eigenvalue weighted by Crippen LogP contribution is 2.19. The van der Waals surface area contributed by atoms with Gasteiger partial charge in [-0.05, 0) is 6.42 Å². The standard InChI is InChI=1S/C7H10N2O4S/c10-6-3-8-7(11)9(6)5-1-2-14(12,13)4-5/h5H,1-4H2,(H,8,11)/t5-/m1/s1. The molecule has 0 unspecified atom stereocenters. The van der Waals surface area contributed by atoms with Crippen LogP contribution in [0.15, 0.2) is 0 Å². The van der Waals surface area contributed by atoms with Crippen molar-refractivity contribution in [3.63, 3.8) is 0 Å². The topological polar surface area (TPSA) is 83.6 Å². The van der Waals surface area contributed by atoms with Crippen molar-refractivity contribution in [1.29, 1.82) is 0 Å². The van der Waals surface area contributed by atoms with Crippen molar-refractivity contribution in [3.05, 3.63) is 0 Å². The number of imide groups is 1. The smallest absolute Gasteiger partial charge is 0.324 e. The van der Waals surface area contributed by atoms with Crippen LogP contribution in [-0.4, -0.2) is 49.3 Å². The summed E-state index contributed by atoms with van der Waals surface area (Å²) < 4.78 is 22.3. The molecule has 0 saturated carbocycles. The molecule has 0 aromatic carbocycles. The molecule has 2 aliphatic heterocycles. The molecule has 1 atom stereocenters. The van der Waals surface area contributed by atoms with Crippen LogP contribution in [0.3, 0.4) is 0 Å². The third-order valence-corrected chi connectivity index (χ3v) is 4.20. The van der Waals surface area contributed by atoms with E-state index in [4.69, 9.17) is 0 Å². The molecule has 2 saturated heterocycles. The summed E-state index contributed by atoms with van der Waals surface area (Å²) in [5.74, 6) is -0.363. The molecule has 0 radical (unpaired) electrons. The minimum atomic E-state index is -3.05. The number of nitrogens with one attached hydrogen (secondary N) is 1. The van der Waals surface area contributed by atoms with Crippen LogP contribution in [0.4, 0.5) is 4.79 Å². The van der Waals surface area contributed by atoms with Crippen molar-refractivity contribution in [2.45, 2.75) is 12.5 Å². The maximum absolute atomic E-state index is 11.2. The molecule has 3 amide bonds. The van der Waals surface area contributed by atoms with Gasteiger partial charge in [-0.1, -0.05) is 0 Å². The van der Waals surface area contributed by atoms with Gasteiger partial charge in [-0.3, -0.25) is 9.69 Å². The molecule has 0 bridgehead atoms. The minimum Gasteiger partial charge on any atom is -0.329 e. The fraction of sp³-hybridized carbons (Fsp3) is 0.714. The van der Waals surface area contributed by atoms with E-state index in [0.717, 1.165) is 4.90 Å². The lowest BCUT2D eigenvalue weighted by atomic mass is 10.2. The molecule has 6 nitrogen and oxygen atoms in total.